The van der Waals surface area contributed by atoms with Gasteiger partial charge in [0, 0.05) is 63.1 Å². The Labute approximate surface area is 245 Å². The molecule has 0 aromatic carbocycles. The molecule has 12 heteroatoms. The Bertz CT molecular complexity index is 801. The highest BCUT2D eigenvalue weighted by Gasteiger charge is 2.27. The number of nitrogens with one attached hydrogen (secondary N) is 4. The summed E-state index contributed by atoms with van der Waals surface area (Å²) in [5, 5.41) is 8.80. The molecular weight excluding hydrogens is 534 g/mol. The average Bonchev–Trinajstić information content (AvgIpc) is 3.22. The standard InChI is InChI=1S/C18H38N4O3S.C10H13NO3/c1-6-9-18(4,26)16(24)20-10-7-8-15(23)21-13-17(2,3)14-25-22-12-11-19-5;12-8-4-2-1-3-7-11-9(13)5-6-10(11)14/h19,22,26H,6-14H2,1-5H3,(H,20,24)(H,21,23);5-6,8H,1-4,7H2. The summed E-state index contributed by atoms with van der Waals surface area (Å²) in [6.45, 7) is 11.5. The monoisotopic (exact) mass is 585 g/mol. The summed E-state index contributed by atoms with van der Waals surface area (Å²) in [5.41, 5.74) is 2.72. The minimum atomic E-state index is -0.651. The minimum Gasteiger partial charge on any atom is -0.355 e. The van der Waals surface area contributed by atoms with Crippen molar-refractivity contribution in [2.24, 2.45) is 5.41 Å². The molecule has 0 aromatic rings. The number of imide groups is 1. The lowest BCUT2D eigenvalue weighted by Crippen LogP contribution is -2.41. The van der Waals surface area contributed by atoms with Crippen LogP contribution in [0.25, 0.3) is 0 Å². The molecule has 1 aliphatic heterocycles. The Kier molecular flexibility index (Phi) is 20.2. The fraction of sp³-hybridized carbons (Fsp3) is 0.750. The highest BCUT2D eigenvalue weighted by molar-refractivity contribution is 7.82. The van der Waals surface area contributed by atoms with E-state index in [1.807, 2.05) is 34.7 Å². The minimum absolute atomic E-state index is 0.0161. The summed E-state index contributed by atoms with van der Waals surface area (Å²) in [6.07, 6.45) is 9.10. The van der Waals surface area contributed by atoms with E-state index >= 15 is 0 Å². The smallest absolute Gasteiger partial charge is 0.253 e. The zero-order valence-electron chi connectivity index (χ0n) is 25.0. The van der Waals surface area contributed by atoms with Crippen LogP contribution < -0.4 is 21.4 Å². The maximum absolute atomic E-state index is 12.0. The lowest BCUT2D eigenvalue weighted by Gasteiger charge is -2.24. The van der Waals surface area contributed by atoms with Crippen molar-refractivity contribution < 1.29 is 28.8 Å². The van der Waals surface area contributed by atoms with E-state index in [4.69, 9.17) is 4.84 Å². The van der Waals surface area contributed by atoms with Crippen LogP contribution in [-0.2, 0) is 28.8 Å². The Balaban J connectivity index is 0.000000906. The lowest BCUT2D eigenvalue weighted by atomic mass is 9.95. The molecule has 0 spiro atoms. The molecule has 1 rings (SSSR count). The lowest BCUT2D eigenvalue weighted by molar-refractivity contribution is -0.137. The molecule has 4 amide bonds. The van der Waals surface area contributed by atoms with Crippen molar-refractivity contribution in [1.82, 2.24) is 26.3 Å². The molecule has 11 nitrogen and oxygen atoms in total. The van der Waals surface area contributed by atoms with E-state index in [1.165, 1.54) is 17.1 Å². The number of unbranched alkanes of at least 4 members (excludes halogenated alkanes) is 3. The second kappa shape index (κ2) is 21.5. The van der Waals surface area contributed by atoms with E-state index in [0.717, 1.165) is 51.5 Å². The van der Waals surface area contributed by atoms with Gasteiger partial charge in [0.25, 0.3) is 11.8 Å². The summed E-state index contributed by atoms with van der Waals surface area (Å²) in [6, 6.07) is 0. The second-order valence-corrected chi connectivity index (χ2v) is 11.8. The van der Waals surface area contributed by atoms with Crippen molar-refractivity contribution in [2.75, 3.05) is 46.4 Å². The van der Waals surface area contributed by atoms with E-state index in [9.17, 15) is 24.0 Å². The molecule has 0 saturated carbocycles. The maximum atomic E-state index is 12.0. The van der Waals surface area contributed by atoms with Crippen LogP contribution in [0.5, 0.6) is 0 Å². The van der Waals surface area contributed by atoms with Gasteiger partial charge in [0.15, 0.2) is 0 Å². The molecule has 40 heavy (non-hydrogen) atoms. The molecule has 0 aliphatic carbocycles. The van der Waals surface area contributed by atoms with Gasteiger partial charge in [-0.05, 0) is 39.7 Å². The molecule has 1 atom stereocenters. The Morgan fingerprint density at radius 2 is 1.68 bits per heavy atom. The molecule has 4 N–H and O–H groups in total. The Morgan fingerprint density at radius 3 is 2.27 bits per heavy atom. The van der Waals surface area contributed by atoms with Crippen molar-refractivity contribution in [1.29, 1.82) is 0 Å². The third-order valence-corrected chi connectivity index (χ3v) is 6.43. The largest absolute Gasteiger partial charge is 0.355 e. The van der Waals surface area contributed by atoms with Crippen molar-refractivity contribution in [3.05, 3.63) is 12.2 Å². The Morgan fingerprint density at radius 1 is 1.00 bits per heavy atom. The zero-order valence-corrected chi connectivity index (χ0v) is 25.9. The molecule has 1 unspecified atom stereocenters. The van der Waals surface area contributed by atoms with Crippen molar-refractivity contribution in [3.8, 4) is 0 Å². The Hall–Kier alpha value is -2.28. The number of nitrogens with zero attached hydrogens (tertiary/aromatic N) is 1. The van der Waals surface area contributed by atoms with Gasteiger partial charge in [-0.1, -0.05) is 33.6 Å². The number of amides is 4. The van der Waals surface area contributed by atoms with Crippen molar-refractivity contribution in [2.45, 2.75) is 83.8 Å². The summed E-state index contributed by atoms with van der Waals surface area (Å²) < 4.78 is -0.651. The van der Waals surface area contributed by atoms with Crippen LogP contribution in [0.3, 0.4) is 0 Å². The molecule has 0 aromatic heterocycles. The molecule has 0 radical (unpaired) electrons. The predicted molar refractivity (Wildman–Crippen MR) is 160 cm³/mol. The summed E-state index contributed by atoms with van der Waals surface area (Å²) in [7, 11) is 1.88. The summed E-state index contributed by atoms with van der Waals surface area (Å²) in [4.78, 5) is 62.7. The highest BCUT2D eigenvalue weighted by atomic mass is 32.1. The number of hydrogen-bond acceptors (Lipinski definition) is 9. The van der Waals surface area contributed by atoms with Gasteiger partial charge in [0.05, 0.1) is 11.4 Å². The van der Waals surface area contributed by atoms with E-state index in [2.05, 4.69) is 34.1 Å². The van der Waals surface area contributed by atoms with E-state index in [0.29, 0.717) is 45.5 Å². The molecule has 1 aliphatic rings. The number of likely N-dealkylation sites (N-methyl/N-ethyl adjacent to an activating group) is 1. The van der Waals surface area contributed by atoms with Crippen LogP contribution in [0.2, 0.25) is 0 Å². The summed E-state index contributed by atoms with van der Waals surface area (Å²) in [5.74, 6) is -0.555. The highest BCUT2D eigenvalue weighted by Crippen LogP contribution is 2.20. The van der Waals surface area contributed by atoms with E-state index < -0.39 is 4.75 Å². The molecule has 230 valence electrons. The third kappa shape index (κ3) is 18.1. The quantitative estimate of drug-likeness (QED) is 0.0452. The first-order valence-corrected chi connectivity index (χ1v) is 14.6. The predicted octanol–water partition coefficient (Wildman–Crippen LogP) is 1.93. The zero-order chi connectivity index (χ0) is 30.4. The molecule has 1 heterocycles. The van der Waals surface area contributed by atoms with Crippen LogP contribution >= 0.6 is 12.6 Å². The van der Waals surface area contributed by atoms with Crippen LogP contribution in [0.4, 0.5) is 0 Å². The molecule has 0 fully saturated rings. The summed E-state index contributed by atoms with van der Waals surface area (Å²) >= 11 is 4.40. The molecule has 0 saturated heterocycles. The van der Waals surface area contributed by atoms with Crippen molar-refractivity contribution >= 4 is 42.5 Å². The molecular formula is C28H51N5O6S. The second-order valence-electron chi connectivity index (χ2n) is 10.8. The first kappa shape index (κ1) is 37.7. The fourth-order valence-corrected chi connectivity index (χ4v) is 3.84. The van der Waals surface area contributed by atoms with E-state index in [-0.39, 0.29) is 29.0 Å². The number of aldehydes is 1. The van der Waals surface area contributed by atoms with Gasteiger partial charge in [-0.2, -0.15) is 12.6 Å². The van der Waals surface area contributed by atoms with Gasteiger partial charge in [-0.25, -0.2) is 5.48 Å². The topological polar surface area (TPSA) is 146 Å². The van der Waals surface area contributed by atoms with Gasteiger partial charge in [0.1, 0.15) is 6.29 Å². The number of rotatable bonds is 21. The van der Waals surface area contributed by atoms with Crippen LogP contribution in [0.1, 0.15) is 79.1 Å². The van der Waals surface area contributed by atoms with Gasteiger partial charge >= 0.3 is 0 Å². The third-order valence-electron chi connectivity index (χ3n) is 6.00. The van der Waals surface area contributed by atoms with Crippen LogP contribution in [0, 0.1) is 5.41 Å². The number of carbonyl (C=O) groups excluding carboxylic acids is 5. The SMILES string of the molecule is CCCC(C)(S)C(=O)NCCCC(=O)NCC(C)(C)CONCCNC.O=CCCCCCN1C(=O)C=CC1=O. The number of hydroxylamine groups is 1. The first-order chi connectivity index (χ1) is 18.9. The first-order valence-electron chi connectivity index (χ1n) is 14.1. The van der Waals surface area contributed by atoms with E-state index in [1.54, 1.807) is 0 Å². The number of thiol groups is 1. The number of carbonyl (C=O) groups is 5. The normalized spacial score (nSPS) is 14.4. The van der Waals surface area contributed by atoms with Gasteiger partial charge < -0.3 is 25.6 Å². The number of hydrogen-bond donors (Lipinski definition) is 5. The van der Waals surface area contributed by atoms with Gasteiger partial charge in [-0.3, -0.25) is 24.1 Å². The fourth-order valence-electron chi connectivity index (χ4n) is 3.54. The van der Waals surface area contributed by atoms with Gasteiger partial charge in [-0.15, -0.1) is 0 Å². The maximum Gasteiger partial charge on any atom is 0.253 e. The molecule has 0 bridgehead atoms. The van der Waals surface area contributed by atoms with Crippen LogP contribution in [-0.4, -0.2) is 85.9 Å². The average molecular weight is 586 g/mol. The van der Waals surface area contributed by atoms with Crippen LogP contribution in [0.15, 0.2) is 12.2 Å². The van der Waals surface area contributed by atoms with Crippen molar-refractivity contribution in [3.63, 3.8) is 0 Å². The van der Waals surface area contributed by atoms with Gasteiger partial charge in [0.2, 0.25) is 11.8 Å².